The molecule has 0 aromatic rings. The maximum Gasteiger partial charge on any atom is 0.256 e. The van der Waals surface area contributed by atoms with Crippen molar-refractivity contribution in [3.63, 3.8) is 0 Å². The number of carbonyl (C=O) groups is 3. The summed E-state index contributed by atoms with van der Waals surface area (Å²) in [5.41, 5.74) is 0.146. The second kappa shape index (κ2) is 13.9. The zero-order valence-electron chi connectivity index (χ0n) is 28.4. The number of rotatable bonds is 9. The van der Waals surface area contributed by atoms with E-state index < -0.39 is 24.2 Å². The van der Waals surface area contributed by atoms with Crippen LogP contribution in [-0.4, -0.2) is 134 Å². The molecule has 11 heteroatoms. The topological polar surface area (TPSA) is 103 Å². The van der Waals surface area contributed by atoms with Gasteiger partial charge >= 0.3 is 0 Å². The van der Waals surface area contributed by atoms with Gasteiger partial charge in [-0.05, 0) is 96.3 Å². The number of alkyl halides is 1. The number of ether oxygens (including phenoxy) is 2. The van der Waals surface area contributed by atoms with Gasteiger partial charge in [0.2, 0.25) is 0 Å². The first-order valence-corrected chi connectivity index (χ1v) is 18.9. The highest BCUT2D eigenvalue weighted by molar-refractivity contribution is 6.20. The van der Waals surface area contributed by atoms with E-state index in [0.717, 1.165) is 77.9 Å². The van der Waals surface area contributed by atoms with Crippen molar-refractivity contribution >= 4 is 17.5 Å². The number of hydrogen-bond donors (Lipinski definition) is 2. The van der Waals surface area contributed by atoms with E-state index in [0.29, 0.717) is 37.3 Å². The molecule has 10 nitrogen and oxygen atoms in total. The normalized spacial score (nSPS) is 42.5. The van der Waals surface area contributed by atoms with Crippen LogP contribution in [0.25, 0.3) is 0 Å². The third-order valence-electron chi connectivity index (χ3n) is 13.4. The fourth-order valence-corrected chi connectivity index (χ4v) is 10.9. The second-order valence-corrected chi connectivity index (χ2v) is 15.9. The van der Waals surface area contributed by atoms with E-state index in [1.165, 1.54) is 6.42 Å². The molecule has 0 aromatic heterocycles. The van der Waals surface area contributed by atoms with Gasteiger partial charge in [0.15, 0.2) is 5.78 Å². The number of halogens is 1. The minimum absolute atomic E-state index is 0.0143. The minimum Gasteiger partial charge on any atom is -0.379 e. The predicted octanol–water partition coefficient (Wildman–Crippen LogP) is 2.09. The summed E-state index contributed by atoms with van der Waals surface area (Å²) in [7, 11) is 2.16. The number of allylic oxidation sites excluding steroid dienone is 2. The molecule has 4 aliphatic heterocycles. The Kier molecular flexibility index (Phi) is 9.52. The van der Waals surface area contributed by atoms with Gasteiger partial charge in [0.1, 0.15) is 12.0 Å². The predicted molar refractivity (Wildman–Crippen MR) is 178 cm³/mol. The third kappa shape index (κ3) is 5.99. The van der Waals surface area contributed by atoms with Gasteiger partial charge in [-0.25, -0.2) is 4.39 Å². The molecule has 12 atom stereocenters. The average molecular weight is 668 g/mol. The smallest absolute Gasteiger partial charge is 0.256 e. The van der Waals surface area contributed by atoms with Crippen LogP contribution in [0.15, 0.2) is 23.9 Å². The van der Waals surface area contributed by atoms with Crippen molar-refractivity contribution in [2.24, 2.45) is 29.6 Å². The lowest BCUT2D eigenvalue weighted by Gasteiger charge is -2.60. The second-order valence-electron chi connectivity index (χ2n) is 15.9. The molecule has 3 saturated carbocycles. The van der Waals surface area contributed by atoms with Crippen LogP contribution in [0.2, 0.25) is 0 Å². The average Bonchev–Trinajstić information content (AvgIpc) is 3.64. The van der Waals surface area contributed by atoms with Gasteiger partial charge in [0, 0.05) is 49.6 Å². The van der Waals surface area contributed by atoms with Crippen LogP contribution >= 0.6 is 0 Å². The van der Waals surface area contributed by atoms with Crippen LogP contribution in [0.5, 0.6) is 0 Å². The van der Waals surface area contributed by atoms with Crippen LogP contribution in [0, 0.1) is 29.6 Å². The Bertz CT molecular complexity index is 1300. The molecule has 0 bridgehead atoms. The summed E-state index contributed by atoms with van der Waals surface area (Å²) in [6.45, 7) is 6.38. The molecule has 0 spiro atoms. The number of ketones is 2. The highest BCUT2D eigenvalue weighted by Crippen LogP contribution is 2.55. The molecular weight excluding hydrogens is 613 g/mol. The molecule has 6 fully saturated rings. The van der Waals surface area contributed by atoms with E-state index in [1.807, 2.05) is 6.20 Å². The van der Waals surface area contributed by atoms with Crippen LogP contribution in [0.1, 0.15) is 57.8 Å². The monoisotopic (exact) mass is 667 g/mol. The third-order valence-corrected chi connectivity index (χ3v) is 13.4. The van der Waals surface area contributed by atoms with Gasteiger partial charge in [0.05, 0.1) is 49.1 Å². The first kappa shape index (κ1) is 33.0. The van der Waals surface area contributed by atoms with E-state index >= 15 is 4.39 Å². The molecule has 2 N–H and O–H groups in total. The van der Waals surface area contributed by atoms with E-state index in [9.17, 15) is 14.4 Å². The highest BCUT2D eigenvalue weighted by atomic mass is 19.1. The number of amides is 1. The van der Waals surface area contributed by atoms with Crippen LogP contribution in [-0.2, 0) is 23.9 Å². The Morgan fingerprint density at radius 1 is 1.04 bits per heavy atom. The highest BCUT2D eigenvalue weighted by Gasteiger charge is 2.62. The van der Waals surface area contributed by atoms with Crippen molar-refractivity contribution < 1.29 is 28.2 Å². The lowest BCUT2D eigenvalue weighted by Crippen LogP contribution is -2.73. The molecule has 8 aliphatic rings. The Hall–Kier alpha value is -2.18. The zero-order chi connectivity index (χ0) is 32.9. The number of morpholine rings is 2. The number of nitrogens with one attached hydrogen (secondary N) is 2. The molecule has 4 aliphatic carbocycles. The Morgan fingerprint density at radius 2 is 1.90 bits per heavy atom. The molecule has 3 saturated heterocycles. The SMILES string of the molecule is CN1CCCC1CCNC1C(F)CC2C(=O)C(C(=O)NCCCN3CCOCC3)=CN3C4CC5C(CC4OC1C23)C(=O)C1C=CCCC15. The number of likely N-dealkylation sites (tertiary alicyclic amines) is 1. The Balaban J connectivity index is 1.03. The first-order valence-electron chi connectivity index (χ1n) is 18.9. The number of hydrogen-bond acceptors (Lipinski definition) is 9. The van der Waals surface area contributed by atoms with E-state index in [-0.39, 0.29) is 59.6 Å². The van der Waals surface area contributed by atoms with Crippen LogP contribution in [0.4, 0.5) is 4.39 Å². The van der Waals surface area contributed by atoms with E-state index in [2.05, 4.69) is 44.5 Å². The van der Waals surface area contributed by atoms with Crippen LogP contribution < -0.4 is 10.6 Å². The van der Waals surface area contributed by atoms with Gasteiger partial charge in [-0.2, -0.15) is 0 Å². The fraction of sp³-hybridized carbons (Fsp3) is 0.811. The molecule has 48 heavy (non-hydrogen) atoms. The summed E-state index contributed by atoms with van der Waals surface area (Å²) in [4.78, 5) is 48.4. The summed E-state index contributed by atoms with van der Waals surface area (Å²) in [6.07, 6.45) is 11.7. The van der Waals surface area contributed by atoms with Gasteiger partial charge in [-0.15, -0.1) is 0 Å². The molecule has 8 rings (SSSR count). The van der Waals surface area contributed by atoms with Crippen molar-refractivity contribution in [3.05, 3.63) is 23.9 Å². The van der Waals surface area contributed by atoms with Gasteiger partial charge < -0.3 is 29.9 Å². The lowest BCUT2D eigenvalue weighted by molar-refractivity contribution is -0.206. The van der Waals surface area contributed by atoms with Crippen molar-refractivity contribution in [2.45, 2.75) is 100 Å². The molecule has 12 unspecified atom stereocenters. The summed E-state index contributed by atoms with van der Waals surface area (Å²) in [5, 5.41) is 6.57. The van der Waals surface area contributed by atoms with Crippen molar-refractivity contribution in [2.75, 3.05) is 59.5 Å². The summed E-state index contributed by atoms with van der Waals surface area (Å²) < 4.78 is 28.7. The summed E-state index contributed by atoms with van der Waals surface area (Å²) in [5.74, 6) is -0.371. The molecule has 1 amide bonds. The van der Waals surface area contributed by atoms with Gasteiger partial charge in [-0.3, -0.25) is 19.3 Å². The van der Waals surface area contributed by atoms with E-state index in [1.54, 1.807) is 0 Å². The zero-order valence-corrected chi connectivity index (χ0v) is 28.4. The van der Waals surface area contributed by atoms with Gasteiger partial charge in [-0.1, -0.05) is 12.2 Å². The van der Waals surface area contributed by atoms with E-state index in [4.69, 9.17) is 9.47 Å². The maximum atomic E-state index is 16.3. The summed E-state index contributed by atoms with van der Waals surface area (Å²) >= 11 is 0. The molecular formula is C37H54FN5O5. The molecule has 0 aromatic carbocycles. The first-order chi connectivity index (χ1) is 23.4. The quantitative estimate of drug-likeness (QED) is 0.218. The van der Waals surface area contributed by atoms with Crippen molar-refractivity contribution in [1.29, 1.82) is 0 Å². The molecule has 0 radical (unpaired) electrons. The minimum atomic E-state index is -1.27. The molecule has 4 heterocycles. The maximum absolute atomic E-state index is 16.3. The summed E-state index contributed by atoms with van der Waals surface area (Å²) in [6, 6.07) is -0.421. The van der Waals surface area contributed by atoms with Crippen LogP contribution in [0.3, 0.4) is 0 Å². The standard InChI is InChI=1S/C37H54FN5O5/c1-41-12-4-6-22(41)9-11-39-32-29(38)18-27-33-36(32)48-31-20-26-25(23-7-2-3-8-24(23)34(26)44)19-30(31)43(33)21-28(35(27)45)37(46)40-10-5-13-42-14-16-47-17-15-42/h3,8,21-27,29-33,36,39H,2,4-7,9-20H2,1H3,(H,40,46). The van der Waals surface area contributed by atoms with Crippen molar-refractivity contribution in [1.82, 2.24) is 25.3 Å². The Morgan fingerprint density at radius 3 is 2.71 bits per heavy atom. The van der Waals surface area contributed by atoms with Crippen molar-refractivity contribution in [3.8, 4) is 0 Å². The fourth-order valence-electron chi connectivity index (χ4n) is 10.9. The lowest BCUT2D eigenvalue weighted by atomic mass is 9.66. The Labute approximate surface area is 284 Å². The number of nitrogens with zero attached hydrogens (tertiary/aromatic N) is 3. The van der Waals surface area contributed by atoms with Gasteiger partial charge in [0.25, 0.3) is 5.91 Å². The molecule has 264 valence electrons. The number of fused-ring (bicyclic) bond motifs is 5. The number of Topliss-reactive ketones (excluding diaryl/α,β-unsaturated/α-hetero) is 2. The number of carbonyl (C=O) groups excluding carboxylic acids is 3. The largest absolute Gasteiger partial charge is 0.379 e.